The van der Waals surface area contributed by atoms with Crippen LogP contribution < -0.4 is 10.2 Å². The fourth-order valence-corrected chi connectivity index (χ4v) is 1.63. The van der Waals surface area contributed by atoms with Gasteiger partial charge in [0.05, 0.1) is 11.5 Å². The molecule has 1 rings (SSSR count). The van der Waals surface area contributed by atoms with E-state index in [1.807, 2.05) is 27.9 Å². The zero-order valence-corrected chi connectivity index (χ0v) is 12.0. The molecule has 1 aromatic carbocycles. The normalized spacial score (nSPS) is 12.9. The number of hydrogen-bond donors (Lipinski definition) is 1. The number of benzene rings is 1. The average Bonchev–Trinajstić information content (AvgIpc) is 2.36. The fraction of sp³-hybridized carbons (Fsp3) is 0.533. The maximum atomic E-state index is 8.98. The number of rotatable bonds is 5. The summed E-state index contributed by atoms with van der Waals surface area (Å²) in [6.45, 7) is 6.71. The van der Waals surface area contributed by atoms with Crippen LogP contribution in [0, 0.1) is 16.7 Å². The maximum Gasteiger partial charge on any atom is 0.0697 e. The van der Waals surface area contributed by atoms with Gasteiger partial charge >= 0.3 is 0 Å². The molecule has 1 unspecified atom stereocenters. The van der Waals surface area contributed by atoms with E-state index in [0.717, 1.165) is 0 Å². The first-order valence-electron chi connectivity index (χ1n) is 6.27. The lowest BCUT2D eigenvalue weighted by molar-refractivity contribution is 0.415. The van der Waals surface area contributed by atoms with Crippen LogP contribution in [0.5, 0.6) is 0 Å². The van der Waals surface area contributed by atoms with Gasteiger partial charge in [0, 0.05) is 32.4 Å². The molecule has 0 spiro atoms. The summed E-state index contributed by atoms with van der Waals surface area (Å²) in [6.07, 6.45) is 0. The molecule has 0 heterocycles. The van der Waals surface area contributed by atoms with Crippen LogP contribution in [-0.2, 0) is 0 Å². The quantitative estimate of drug-likeness (QED) is 0.867. The average molecular weight is 245 g/mol. The van der Waals surface area contributed by atoms with E-state index in [-0.39, 0.29) is 11.5 Å². The van der Waals surface area contributed by atoms with Gasteiger partial charge in [0.15, 0.2) is 0 Å². The first kappa shape index (κ1) is 14.5. The van der Waals surface area contributed by atoms with E-state index >= 15 is 0 Å². The monoisotopic (exact) mass is 245 g/mol. The zero-order chi connectivity index (χ0) is 13.8. The summed E-state index contributed by atoms with van der Waals surface area (Å²) in [5, 5.41) is 12.4. The Labute approximate surface area is 110 Å². The standard InChI is InChI=1S/C15H23N3/c1-12(17-11-15(2,3)10-16)13-6-8-14(9-7-13)18(4)5/h6-9,12,17H,11H2,1-5H3. The lowest BCUT2D eigenvalue weighted by atomic mass is 9.95. The lowest BCUT2D eigenvalue weighted by Crippen LogP contribution is -2.30. The number of nitriles is 1. The third-order valence-corrected chi connectivity index (χ3v) is 3.06. The molecule has 0 amide bonds. The van der Waals surface area contributed by atoms with Gasteiger partial charge < -0.3 is 10.2 Å². The number of anilines is 1. The van der Waals surface area contributed by atoms with E-state index in [9.17, 15) is 0 Å². The zero-order valence-electron chi connectivity index (χ0n) is 12.0. The van der Waals surface area contributed by atoms with E-state index in [1.54, 1.807) is 0 Å². The van der Waals surface area contributed by atoms with Crippen molar-refractivity contribution in [3.8, 4) is 6.07 Å². The summed E-state index contributed by atoms with van der Waals surface area (Å²) >= 11 is 0. The summed E-state index contributed by atoms with van der Waals surface area (Å²) in [5.74, 6) is 0. The molecule has 0 aliphatic rings. The van der Waals surface area contributed by atoms with Crippen LogP contribution in [0.15, 0.2) is 24.3 Å². The summed E-state index contributed by atoms with van der Waals surface area (Å²) < 4.78 is 0. The van der Waals surface area contributed by atoms with E-state index in [2.05, 4.69) is 47.5 Å². The molecule has 1 aromatic rings. The number of nitrogens with one attached hydrogen (secondary N) is 1. The Morgan fingerprint density at radius 2 is 1.83 bits per heavy atom. The van der Waals surface area contributed by atoms with Gasteiger partial charge in [-0.05, 0) is 38.5 Å². The summed E-state index contributed by atoms with van der Waals surface area (Å²) in [7, 11) is 4.07. The Morgan fingerprint density at radius 3 is 2.28 bits per heavy atom. The van der Waals surface area contributed by atoms with Gasteiger partial charge in [-0.25, -0.2) is 0 Å². The molecule has 0 aliphatic carbocycles. The highest BCUT2D eigenvalue weighted by Crippen LogP contribution is 2.19. The van der Waals surface area contributed by atoms with Crippen molar-refractivity contribution in [1.29, 1.82) is 5.26 Å². The molecule has 0 saturated carbocycles. The molecule has 1 atom stereocenters. The van der Waals surface area contributed by atoms with Crippen molar-refractivity contribution in [3.05, 3.63) is 29.8 Å². The molecule has 0 fully saturated rings. The van der Waals surface area contributed by atoms with Crippen molar-refractivity contribution >= 4 is 5.69 Å². The summed E-state index contributed by atoms with van der Waals surface area (Å²) in [5.41, 5.74) is 2.12. The largest absolute Gasteiger partial charge is 0.378 e. The highest BCUT2D eigenvalue weighted by molar-refractivity contribution is 5.46. The molecule has 18 heavy (non-hydrogen) atoms. The van der Waals surface area contributed by atoms with Crippen LogP contribution in [0.2, 0.25) is 0 Å². The van der Waals surface area contributed by atoms with Crippen LogP contribution >= 0.6 is 0 Å². The Hall–Kier alpha value is -1.53. The Bertz CT molecular complexity index is 412. The van der Waals surface area contributed by atoms with Crippen molar-refractivity contribution < 1.29 is 0 Å². The van der Waals surface area contributed by atoms with Crippen molar-refractivity contribution in [3.63, 3.8) is 0 Å². The second-order valence-corrected chi connectivity index (χ2v) is 5.58. The molecule has 0 aliphatic heterocycles. The molecule has 1 N–H and O–H groups in total. The highest BCUT2D eigenvalue weighted by Gasteiger charge is 2.17. The maximum absolute atomic E-state index is 8.98. The van der Waals surface area contributed by atoms with Crippen molar-refractivity contribution in [2.24, 2.45) is 5.41 Å². The molecular weight excluding hydrogens is 222 g/mol. The van der Waals surface area contributed by atoms with Crippen LogP contribution in [0.25, 0.3) is 0 Å². The lowest BCUT2D eigenvalue weighted by Gasteiger charge is -2.21. The van der Waals surface area contributed by atoms with E-state index in [1.165, 1.54) is 11.3 Å². The van der Waals surface area contributed by atoms with Gasteiger partial charge in [-0.15, -0.1) is 0 Å². The van der Waals surface area contributed by atoms with Gasteiger partial charge in [-0.2, -0.15) is 5.26 Å². The molecule has 0 radical (unpaired) electrons. The Kier molecular flexibility index (Phi) is 4.75. The summed E-state index contributed by atoms with van der Waals surface area (Å²) in [6, 6.07) is 11.1. The smallest absolute Gasteiger partial charge is 0.0697 e. The molecule has 98 valence electrons. The van der Waals surface area contributed by atoms with Gasteiger partial charge in [-0.1, -0.05) is 12.1 Å². The first-order chi connectivity index (χ1) is 8.35. The van der Waals surface area contributed by atoms with Crippen LogP contribution in [0.3, 0.4) is 0 Å². The fourth-order valence-electron chi connectivity index (χ4n) is 1.63. The minimum absolute atomic E-state index is 0.258. The topological polar surface area (TPSA) is 39.1 Å². The molecule has 0 saturated heterocycles. The predicted octanol–water partition coefficient (Wildman–Crippen LogP) is 2.95. The van der Waals surface area contributed by atoms with Gasteiger partial charge in [0.2, 0.25) is 0 Å². The predicted molar refractivity (Wildman–Crippen MR) is 76.6 cm³/mol. The van der Waals surface area contributed by atoms with E-state index in [4.69, 9.17) is 5.26 Å². The molecule has 0 aromatic heterocycles. The van der Waals surface area contributed by atoms with Gasteiger partial charge in [0.1, 0.15) is 0 Å². The third kappa shape index (κ3) is 4.05. The minimum Gasteiger partial charge on any atom is -0.378 e. The van der Waals surface area contributed by atoms with Crippen molar-refractivity contribution in [1.82, 2.24) is 5.32 Å². The van der Waals surface area contributed by atoms with Gasteiger partial charge in [0.25, 0.3) is 0 Å². The van der Waals surface area contributed by atoms with Crippen LogP contribution in [0.4, 0.5) is 5.69 Å². The molecule has 3 nitrogen and oxygen atoms in total. The van der Waals surface area contributed by atoms with Crippen molar-refractivity contribution in [2.75, 3.05) is 25.5 Å². The SMILES string of the molecule is CC(NCC(C)(C)C#N)c1ccc(N(C)C)cc1. The number of nitrogens with zero attached hydrogens (tertiary/aromatic N) is 2. The molecule has 3 heteroatoms. The van der Waals surface area contributed by atoms with Crippen LogP contribution in [-0.4, -0.2) is 20.6 Å². The van der Waals surface area contributed by atoms with E-state index in [0.29, 0.717) is 6.54 Å². The summed E-state index contributed by atoms with van der Waals surface area (Å²) in [4.78, 5) is 2.08. The third-order valence-electron chi connectivity index (χ3n) is 3.06. The first-order valence-corrected chi connectivity index (χ1v) is 6.27. The van der Waals surface area contributed by atoms with Gasteiger partial charge in [-0.3, -0.25) is 0 Å². The second kappa shape index (κ2) is 5.88. The minimum atomic E-state index is -0.322. The number of hydrogen-bond acceptors (Lipinski definition) is 3. The van der Waals surface area contributed by atoms with Crippen molar-refractivity contribution in [2.45, 2.75) is 26.8 Å². The molecule has 0 bridgehead atoms. The Morgan fingerprint density at radius 1 is 1.28 bits per heavy atom. The highest BCUT2D eigenvalue weighted by atomic mass is 15.1. The van der Waals surface area contributed by atoms with Crippen LogP contribution in [0.1, 0.15) is 32.4 Å². The van der Waals surface area contributed by atoms with E-state index < -0.39 is 0 Å². The Balaban J connectivity index is 2.62. The second-order valence-electron chi connectivity index (χ2n) is 5.58. The molecular formula is C15H23N3.